The molecule has 5 nitrogen and oxygen atoms in total. The lowest BCUT2D eigenvalue weighted by Crippen LogP contribution is -2.44. The van der Waals surface area contributed by atoms with Crippen LogP contribution in [-0.2, 0) is 6.42 Å². The molecule has 0 spiro atoms. The van der Waals surface area contributed by atoms with Crippen molar-refractivity contribution in [1.82, 2.24) is 19.9 Å². The molecule has 3 rings (SSSR count). The van der Waals surface area contributed by atoms with Crippen LogP contribution >= 0.6 is 22.9 Å². The molecule has 2 aromatic heterocycles. The number of hydrogen-bond donors (Lipinski definition) is 1. The fourth-order valence-corrected chi connectivity index (χ4v) is 5.27. The van der Waals surface area contributed by atoms with Crippen LogP contribution < -0.4 is 4.90 Å². The fraction of sp³-hybridized carbons (Fsp3) is 0.545. The number of aromatic amines is 1. The highest BCUT2D eigenvalue weighted by atomic mass is 35.5. The molecule has 158 valence electrons. The van der Waals surface area contributed by atoms with E-state index in [0.29, 0.717) is 11.2 Å². The number of anilines is 1. The first-order valence-corrected chi connectivity index (χ1v) is 11.6. The van der Waals surface area contributed by atoms with E-state index in [9.17, 15) is 0 Å². The van der Waals surface area contributed by atoms with E-state index in [1.165, 1.54) is 4.88 Å². The summed E-state index contributed by atoms with van der Waals surface area (Å²) in [6.07, 6.45) is 4.07. The topological polar surface area (TPSA) is 48.0 Å². The van der Waals surface area contributed by atoms with Crippen LogP contribution in [0.3, 0.4) is 0 Å². The Kier molecular flexibility index (Phi) is 7.06. The Bertz CT molecular complexity index is 876. The van der Waals surface area contributed by atoms with Gasteiger partial charge in [-0.05, 0) is 45.1 Å². The summed E-state index contributed by atoms with van der Waals surface area (Å²) in [5.74, 6) is 0.796. The number of thiazole rings is 1. The Hall–Kier alpha value is -1.79. The highest BCUT2D eigenvalue weighted by Crippen LogP contribution is 2.33. The summed E-state index contributed by atoms with van der Waals surface area (Å²) in [7, 11) is 0. The number of aromatic nitrogens is 3. The van der Waals surface area contributed by atoms with Crippen LogP contribution in [0, 0.1) is 6.92 Å². The average Bonchev–Trinajstić information content (AvgIpc) is 3.28. The van der Waals surface area contributed by atoms with E-state index in [1.807, 2.05) is 0 Å². The van der Waals surface area contributed by atoms with E-state index in [1.54, 1.807) is 11.3 Å². The zero-order valence-corrected chi connectivity index (χ0v) is 19.6. The molecule has 7 heteroatoms. The summed E-state index contributed by atoms with van der Waals surface area (Å²) < 4.78 is 0. The van der Waals surface area contributed by atoms with E-state index >= 15 is 0 Å². The van der Waals surface area contributed by atoms with Crippen LogP contribution in [0.4, 0.5) is 5.13 Å². The normalized spacial score (nSPS) is 15.0. The van der Waals surface area contributed by atoms with Gasteiger partial charge in [0.2, 0.25) is 0 Å². The molecule has 0 unspecified atom stereocenters. The molecule has 0 amide bonds. The van der Waals surface area contributed by atoms with Gasteiger partial charge in [0, 0.05) is 25.7 Å². The molecule has 1 N–H and O–H groups in total. The maximum Gasteiger partial charge on any atom is 0.186 e. The number of allylic oxidation sites excluding steroid dienone is 1. The van der Waals surface area contributed by atoms with Gasteiger partial charge >= 0.3 is 0 Å². The van der Waals surface area contributed by atoms with Crippen molar-refractivity contribution in [2.45, 2.75) is 59.4 Å². The smallest absolute Gasteiger partial charge is 0.186 e. The summed E-state index contributed by atoms with van der Waals surface area (Å²) >= 11 is 8.02. The van der Waals surface area contributed by atoms with Gasteiger partial charge in [0.1, 0.15) is 0 Å². The van der Waals surface area contributed by atoms with Crippen LogP contribution in [0.5, 0.6) is 0 Å². The lowest BCUT2D eigenvalue weighted by atomic mass is 10.0. The van der Waals surface area contributed by atoms with Gasteiger partial charge in [-0.1, -0.05) is 49.9 Å². The Morgan fingerprint density at radius 3 is 2.48 bits per heavy atom. The first kappa shape index (κ1) is 21.9. The quantitative estimate of drug-likeness (QED) is 0.573. The maximum absolute atomic E-state index is 6.26. The number of halogens is 1. The molecular weight excluding hydrogens is 402 g/mol. The molecule has 0 saturated carbocycles. The van der Waals surface area contributed by atoms with Crippen molar-refractivity contribution >= 4 is 39.3 Å². The van der Waals surface area contributed by atoms with Crippen molar-refractivity contribution in [2.75, 3.05) is 24.5 Å². The number of hydrogen-bond acceptors (Lipinski definition) is 5. The van der Waals surface area contributed by atoms with Crippen LogP contribution in [-0.4, -0.2) is 45.5 Å². The van der Waals surface area contributed by atoms with Gasteiger partial charge in [0.05, 0.1) is 22.0 Å². The Morgan fingerprint density at radius 1 is 1.28 bits per heavy atom. The molecule has 1 aliphatic heterocycles. The third-order valence-electron chi connectivity index (χ3n) is 5.52. The molecule has 29 heavy (non-hydrogen) atoms. The van der Waals surface area contributed by atoms with E-state index in [2.05, 4.69) is 60.6 Å². The average molecular weight is 434 g/mol. The molecule has 1 fully saturated rings. The molecule has 1 saturated heterocycles. The standard InChI is InChI=1S/C22H32ClN5S/c1-7-11-28(16(6)21-25-18(8-2)20(23)26-21)17-9-12-27(13-10-17)22-24-15(5)19(29-22)14(3)4/h17H,3,6-13H2,1-2,4-5H3,(H,25,26). The van der Waals surface area contributed by atoms with Crippen molar-refractivity contribution in [3.05, 3.63) is 40.4 Å². The molecule has 0 aliphatic carbocycles. The van der Waals surface area contributed by atoms with Crippen molar-refractivity contribution < 1.29 is 0 Å². The second kappa shape index (κ2) is 9.35. The third-order valence-corrected chi connectivity index (χ3v) is 7.21. The van der Waals surface area contributed by atoms with Crippen molar-refractivity contribution in [2.24, 2.45) is 0 Å². The van der Waals surface area contributed by atoms with Crippen LogP contribution in [0.1, 0.15) is 62.1 Å². The first-order chi connectivity index (χ1) is 13.8. The Labute approximate surface area is 183 Å². The van der Waals surface area contributed by atoms with E-state index in [-0.39, 0.29) is 0 Å². The minimum absolute atomic E-state index is 0.453. The zero-order chi connectivity index (χ0) is 21.1. The Balaban J connectivity index is 1.70. The predicted octanol–water partition coefficient (Wildman–Crippen LogP) is 5.78. The van der Waals surface area contributed by atoms with Crippen LogP contribution in [0.15, 0.2) is 13.2 Å². The van der Waals surface area contributed by atoms with Gasteiger partial charge in [-0.3, -0.25) is 0 Å². The number of aryl methyl sites for hydroxylation is 2. The summed E-state index contributed by atoms with van der Waals surface area (Å²) in [5.41, 5.74) is 4.10. The predicted molar refractivity (Wildman–Crippen MR) is 126 cm³/mol. The van der Waals surface area contributed by atoms with E-state index in [4.69, 9.17) is 16.6 Å². The summed E-state index contributed by atoms with van der Waals surface area (Å²) in [5, 5.41) is 1.67. The third kappa shape index (κ3) is 4.69. The molecule has 0 aromatic carbocycles. The molecule has 0 radical (unpaired) electrons. The number of nitrogens with one attached hydrogen (secondary N) is 1. The summed E-state index contributed by atoms with van der Waals surface area (Å²) in [6.45, 7) is 19.8. The molecule has 3 heterocycles. The SMILES string of the molecule is C=C(C)c1sc(N2CCC(N(CCC)C(=C)c3nc(Cl)c(CC)[nH]3)CC2)nc1C. The highest BCUT2D eigenvalue weighted by Gasteiger charge is 2.28. The number of piperidine rings is 1. The van der Waals surface area contributed by atoms with Gasteiger partial charge < -0.3 is 14.8 Å². The van der Waals surface area contributed by atoms with Crippen molar-refractivity contribution in [3.8, 4) is 0 Å². The van der Waals surface area contributed by atoms with Gasteiger partial charge in [0.15, 0.2) is 16.1 Å². The van der Waals surface area contributed by atoms with Crippen molar-refractivity contribution in [3.63, 3.8) is 0 Å². The number of nitrogens with zero attached hydrogens (tertiary/aromatic N) is 4. The Morgan fingerprint density at radius 2 is 1.97 bits per heavy atom. The minimum atomic E-state index is 0.453. The summed E-state index contributed by atoms with van der Waals surface area (Å²) in [6, 6.07) is 0.453. The lowest BCUT2D eigenvalue weighted by molar-refractivity contribution is 0.250. The molecule has 0 bridgehead atoms. The van der Waals surface area contributed by atoms with Crippen molar-refractivity contribution in [1.29, 1.82) is 0 Å². The lowest BCUT2D eigenvalue weighted by Gasteiger charge is -2.40. The highest BCUT2D eigenvalue weighted by molar-refractivity contribution is 7.16. The molecular formula is C22H32ClN5S. The van der Waals surface area contributed by atoms with E-state index < -0.39 is 0 Å². The molecule has 2 aromatic rings. The largest absolute Gasteiger partial charge is 0.366 e. The zero-order valence-electron chi connectivity index (χ0n) is 18.0. The van der Waals surface area contributed by atoms with Gasteiger partial charge in [-0.15, -0.1) is 0 Å². The number of imidazole rings is 1. The van der Waals surface area contributed by atoms with Crippen LogP contribution in [0.25, 0.3) is 11.3 Å². The number of H-pyrrole nitrogens is 1. The second-order valence-electron chi connectivity index (χ2n) is 7.76. The second-order valence-corrected chi connectivity index (χ2v) is 9.09. The summed E-state index contributed by atoms with van der Waals surface area (Å²) in [4.78, 5) is 18.7. The minimum Gasteiger partial charge on any atom is -0.366 e. The van der Waals surface area contributed by atoms with Gasteiger partial charge in [-0.2, -0.15) is 0 Å². The van der Waals surface area contributed by atoms with Gasteiger partial charge in [0.25, 0.3) is 0 Å². The fourth-order valence-electron chi connectivity index (χ4n) is 3.96. The molecule has 0 atom stereocenters. The first-order valence-electron chi connectivity index (χ1n) is 10.4. The van der Waals surface area contributed by atoms with Gasteiger partial charge in [-0.25, -0.2) is 9.97 Å². The van der Waals surface area contributed by atoms with E-state index in [0.717, 1.165) is 78.9 Å². The maximum atomic E-state index is 6.26. The van der Waals surface area contributed by atoms with Crippen LogP contribution in [0.2, 0.25) is 5.15 Å². The number of rotatable bonds is 8. The monoisotopic (exact) mass is 433 g/mol. The molecule has 1 aliphatic rings.